The zero-order valence-electron chi connectivity index (χ0n) is 19.0. The molecule has 5 nitrogen and oxygen atoms in total. The molecule has 0 aliphatic rings. The molecule has 0 heterocycles. The van der Waals surface area contributed by atoms with Crippen LogP contribution in [0.2, 0.25) is 5.02 Å². The van der Waals surface area contributed by atoms with E-state index in [2.05, 4.69) is 5.16 Å². The third kappa shape index (κ3) is 7.83. The van der Waals surface area contributed by atoms with E-state index in [0.29, 0.717) is 30.6 Å². The van der Waals surface area contributed by atoms with Crippen LogP contribution in [0.5, 0.6) is 17.2 Å². The van der Waals surface area contributed by atoms with Crippen LogP contribution in [0.4, 0.5) is 0 Å². The first kappa shape index (κ1) is 24.6. The molecular formula is C25H32ClNO4. The van der Waals surface area contributed by atoms with Gasteiger partial charge in [-0.3, -0.25) is 0 Å². The Bertz CT molecular complexity index is 885. The highest BCUT2D eigenvalue weighted by atomic mass is 35.5. The van der Waals surface area contributed by atoms with Crippen LogP contribution >= 0.6 is 11.6 Å². The monoisotopic (exact) mass is 445 g/mol. The van der Waals surface area contributed by atoms with E-state index in [1.165, 1.54) is 7.11 Å². The lowest BCUT2D eigenvalue weighted by atomic mass is 10.1. The molecule has 0 amide bonds. The number of hydrogen-bond acceptors (Lipinski definition) is 5. The minimum absolute atomic E-state index is 0.558. The molecule has 0 saturated heterocycles. The number of nitrogens with zero attached hydrogens (tertiary/aromatic N) is 1. The first-order valence-corrected chi connectivity index (χ1v) is 10.8. The van der Waals surface area contributed by atoms with Crippen LogP contribution in [0.3, 0.4) is 0 Å². The van der Waals surface area contributed by atoms with Gasteiger partial charge in [0.1, 0.15) is 31.0 Å². The number of aryl methyl sites for hydroxylation is 2. The van der Waals surface area contributed by atoms with Crippen molar-refractivity contribution in [1.82, 2.24) is 0 Å². The lowest BCUT2D eigenvalue weighted by molar-refractivity contribution is 0.213. The minimum Gasteiger partial charge on any atom is -0.493 e. The number of hydrogen-bond donors (Lipinski definition) is 0. The highest BCUT2D eigenvalue weighted by molar-refractivity contribution is 6.32. The Morgan fingerprint density at radius 2 is 1.68 bits per heavy atom. The molecule has 0 atom stereocenters. The van der Waals surface area contributed by atoms with Crippen LogP contribution < -0.4 is 14.2 Å². The van der Waals surface area contributed by atoms with Crippen LogP contribution in [0, 0.1) is 13.8 Å². The third-order valence-corrected chi connectivity index (χ3v) is 4.93. The van der Waals surface area contributed by atoms with Gasteiger partial charge >= 0.3 is 0 Å². The highest BCUT2D eigenvalue weighted by Gasteiger charge is 2.08. The molecule has 0 aliphatic carbocycles. The lowest BCUT2D eigenvalue weighted by Crippen LogP contribution is -2.05. The molecule has 2 aromatic carbocycles. The second-order valence-corrected chi connectivity index (χ2v) is 7.58. The van der Waals surface area contributed by atoms with Crippen molar-refractivity contribution in [3.63, 3.8) is 0 Å². The number of halogens is 1. The van der Waals surface area contributed by atoms with Crippen molar-refractivity contribution in [3.8, 4) is 17.2 Å². The Labute approximate surface area is 190 Å². The van der Waals surface area contributed by atoms with Crippen molar-refractivity contribution in [2.75, 3.05) is 26.9 Å². The number of allylic oxidation sites excluding steroid dienone is 1. The Hall–Kier alpha value is -2.66. The van der Waals surface area contributed by atoms with Crippen molar-refractivity contribution in [1.29, 1.82) is 0 Å². The van der Waals surface area contributed by atoms with Gasteiger partial charge in [-0.25, -0.2) is 0 Å². The third-order valence-electron chi connectivity index (χ3n) is 4.64. The summed E-state index contributed by atoms with van der Waals surface area (Å²) in [6.45, 7) is 9.70. The summed E-state index contributed by atoms with van der Waals surface area (Å²) in [6, 6.07) is 9.63. The fourth-order valence-electron chi connectivity index (χ4n) is 3.06. The summed E-state index contributed by atoms with van der Waals surface area (Å²) in [4.78, 5) is 4.80. The number of benzene rings is 2. The SMILES string of the molecule is C/C=C/COc1cc(C)c(OCCCCOc2ccc(C(C)=NOC)cc2Cl)c(C)c1. The molecule has 6 heteroatoms. The topological polar surface area (TPSA) is 49.3 Å². The molecule has 0 fully saturated rings. The summed E-state index contributed by atoms with van der Waals surface area (Å²) >= 11 is 6.32. The van der Waals surface area contributed by atoms with E-state index in [0.717, 1.165) is 46.7 Å². The predicted molar refractivity (Wildman–Crippen MR) is 127 cm³/mol. The van der Waals surface area contributed by atoms with Crippen LogP contribution in [0.25, 0.3) is 0 Å². The Morgan fingerprint density at radius 3 is 2.29 bits per heavy atom. The summed E-state index contributed by atoms with van der Waals surface area (Å²) < 4.78 is 17.5. The maximum Gasteiger partial charge on any atom is 0.137 e. The Kier molecular flexibility index (Phi) is 10.2. The fourth-order valence-corrected chi connectivity index (χ4v) is 3.29. The summed E-state index contributed by atoms with van der Waals surface area (Å²) in [7, 11) is 1.52. The van der Waals surface area contributed by atoms with E-state index in [4.69, 9.17) is 30.6 Å². The van der Waals surface area contributed by atoms with Crippen molar-refractivity contribution in [2.45, 2.75) is 40.5 Å². The van der Waals surface area contributed by atoms with Gasteiger partial charge in [0, 0.05) is 5.56 Å². The first-order valence-electron chi connectivity index (χ1n) is 10.4. The second kappa shape index (κ2) is 12.9. The molecule has 0 spiro atoms. The maximum atomic E-state index is 6.32. The summed E-state index contributed by atoms with van der Waals surface area (Å²) in [5.74, 6) is 2.45. The quantitative estimate of drug-likeness (QED) is 0.161. The summed E-state index contributed by atoms with van der Waals surface area (Å²) in [5, 5.41) is 4.47. The molecule has 168 valence electrons. The fraction of sp³-hybridized carbons (Fsp3) is 0.400. The van der Waals surface area contributed by atoms with E-state index in [-0.39, 0.29) is 0 Å². The van der Waals surface area contributed by atoms with Crippen LogP contribution in [0.1, 0.15) is 43.4 Å². The van der Waals surface area contributed by atoms with Gasteiger partial charge in [-0.2, -0.15) is 0 Å². The number of rotatable bonds is 12. The van der Waals surface area contributed by atoms with Gasteiger partial charge in [0.2, 0.25) is 0 Å². The molecule has 0 N–H and O–H groups in total. The largest absolute Gasteiger partial charge is 0.493 e. The van der Waals surface area contributed by atoms with Crippen molar-refractivity contribution in [3.05, 3.63) is 64.2 Å². The van der Waals surface area contributed by atoms with Crippen LogP contribution in [-0.4, -0.2) is 32.6 Å². The minimum atomic E-state index is 0.558. The molecule has 2 aromatic rings. The van der Waals surface area contributed by atoms with E-state index in [9.17, 15) is 0 Å². The van der Waals surface area contributed by atoms with Crippen molar-refractivity contribution in [2.24, 2.45) is 5.16 Å². The Balaban J connectivity index is 1.77. The summed E-state index contributed by atoms with van der Waals surface area (Å²) in [6.07, 6.45) is 5.71. The van der Waals surface area contributed by atoms with Gasteiger partial charge in [-0.1, -0.05) is 28.9 Å². The number of ether oxygens (including phenoxy) is 3. The normalized spacial score (nSPS) is 11.6. The molecular weight excluding hydrogens is 414 g/mol. The smallest absolute Gasteiger partial charge is 0.137 e. The predicted octanol–water partition coefficient (Wildman–Crippen LogP) is 6.52. The van der Waals surface area contributed by atoms with Gasteiger partial charge < -0.3 is 19.0 Å². The first-order chi connectivity index (χ1) is 15.0. The second-order valence-electron chi connectivity index (χ2n) is 7.17. The highest BCUT2D eigenvalue weighted by Crippen LogP contribution is 2.29. The number of unbranched alkanes of at least 4 members (excludes halogenated alkanes) is 1. The standard InChI is InChI=1S/C25H32ClNO4/c1-6-7-12-29-22-15-18(2)25(19(3)16-22)31-14-9-8-13-30-24-11-10-21(17-23(24)26)20(4)27-28-5/h6-7,10-11,15-17H,8-9,12-14H2,1-5H3/b7-6+,27-20?. The average molecular weight is 446 g/mol. The van der Waals surface area contributed by atoms with E-state index >= 15 is 0 Å². The van der Waals surface area contributed by atoms with Crippen molar-refractivity contribution < 1.29 is 19.0 Å². The van der Waals surface area contributed by atoms with Gasteiger partial charge in [0.25, 0.3) is 0 Å². The molecule has 0 bridgehead atoms. The van der Waals surface area contributed by atoms with Gasteiger partial charge in [0.15, 0.2) is 0 Å². The van der Waals surface area contributed by atoms with E-state index < -0.39 is 0 Å². The Morgan fingerprint density at radius 1 is 1.00 bits per heavy atom. The zero-order valence-corrected chi connectivity index (χ0v) is 19.8. The summed E-state index contributed by atoms with van der Waals surface area (Å²) in [5.41, 5.74) is 3.81. The molecule has 31 heavy (non-hydrogen) atoms. The van der Waals surface area contributed by atoms with Gasteiger partial charge in [-0.05, 0) is 82.0 Å². The van der Waals surface area contributed by atoms with Crippen LogP contribution in [0.15, 0.2) is 47.6 Å². The average Bonchev–Trinajstić information content (AvgIpc) is 2.73. The van der Waals surface area contributed by atoms with E-state index in [1.807, 2.05) is 70.2 Å². The van der Waals surface area contributed by atoms with Crippen LogP contribution in [-0.2, 0) is 4.84 Å². The van der Waals surface area contributed by atoms with Crippen molar-refractivity contribution >= 4 is 17.3 Å². The van der Waals surface area contributed by atoms with E-state index in [1.54, 1.807) is 0 Å². The molecule has 2 rings (SSSR count). The molecule has 0 radical (unpaired) electrons. The number of oxime groups is 1. The maximum absolute atomic E-state index is 6.32. The van der Waals surface area contributed by atoms with Gasteiger partial charge in [0.05, 0.1) is 23.9 Å². The zero-order chi connectivity index (χ0) is 22.6. The molecule has 0 aromatic heterocycles. The lowest BCUT2D eigenvalue weighted by Gasteiger charge is -2.14. The van der Waals surface area contributed by atoms with Gasteiger partial charge in [-0.15, -0.1) is 0 Å². The molecule has 0 unspecified atom stereocenters. The molecule has 0 saturated carbocycles. The molecule has 0 aliphatic heterocycles.